The van der Waals surface area contributed by atoms with E-state index >= 15 is 0 Å². The normalized spacial score (nSPS) is 15.7. The lowest BCUT2D eigenvalue weighted by Crippen LogP contribution is -2.27. The van der Waals surface area contributed by atoms with Gasteiger partial charge in [0, 0.05) is 0 Å². The minimum atomic E-state index is -0.129. The number of thioether (sulfide) groups is 1. The number of hydrogen-bond donors (Lipinski definition) is 0. The molecule has 0 N–H and O–H groups in total. The maximum Gasteiger partial charge on any atom is 0.270 e. The van der Waals surface area contributed by atoms with Crippen LogP contribution in [0, 0.1) is 0 Å². The highest BCUT2D eigenvalue weighted by molar-refractivity contribution is 9.10. The summed E-state index contributed by atoms with van der Waals surface area (Å²) < 4.78 is 12.3. The number of benzene rings is 2. The zero-order valence-corrected chi connectivity index (χ0v) is 17.4. The number of thiocarbonyl (C=S) groups is 1. The van der Waals surface area contributed by atoms with E-state index in [-0.39, 0.29) is 5.91 Å². The molecule has 1 aliphatic heterocycles. The lowest BCUT2D eigenvalue weighted by atomic mass is 10.1. The minimum absolute atomic E-state index is 0.129. The third-order valence-electron chi connectivity index (χ3n) is 3.64. The molecular weight excluding hydrogens is 434 g/mol. The Bertz CT molecular complexity index is 884. The lowest BCUT2D eigenvalue weighted by molar-refractivity contribution is -0.113. The van der Waals surface area contributed by atoms with Crippen molar-refractivity contribution < 1.29 is 14.3 Å². The second-order valence-corrected chi connectivity index (χ2v) is 7.85. The molecule has 0 bridgehead atoms. The molecule has 3 rings (SSSR count). The Labute approximate surface area is 170 Å². The Morgan fingerprint density at radius 3 is 2.65 bits per heavy atom. The van der Waals surface area contributed by atoms with Gasteiger partial charge in [0.05, 0.1) is 28.8 Å². The smallest absolute Gasteiger partial charge is 0.270 e. The molecule has 26 heavy (non-hydrogen) atoms. The van der Waals surface area contributed by atoms with Crippen LogP contribution < -0.4 is 14.4 Å². The fraction of sp³-hybridized carbons (Fsp3) is 0.158. The van der Waals surface area contributed by atoms with Crippen LogP contribution >= 0.6 is 39.9 Å². The van der Waals surface area contributed by atoms with Crippen molar-refractivity contribution in [2.75, 3.05) is 18.6 Å². The first-order chi connectivity index (χ1) is 12.5. The SMILES string of the molecule is CCOc1cc(/C=C2\SC(=S)N(c3ccccc3)C2=O)cc(Br)c1OC. The second kappa shape index (κ2) is 8.24. The quantitative estimate of drug-likeness (QED) is 0.459. The molecule has 0 aliphatic carbocycles. The third-order valence-corrected chi connectivity index (χ3v) is 5.53. The van der Waals surface area contributed by atoms with Gasteiger partial charge < -0.3 is 9.47 Å². The highest BCUT2D eigenvalue weighted by Gasteiger charge is 2.33. The summed E-state index contributed by atoms with van der Waals surface area (Å²) in [6.07, 6.45) is 1.81. The molecular formula is C19H16BrNO3S2. The van der Waals surface area contributed by atoms with Gasteiger partial charge in [0.2, 0.25) is 0 Å². The van der Waals surface area contributed by atoms with Gasteiger partial charge in [0.1, 0.15) is 0 Å². The monoisotopic (exact) mass is 449 g/mol. The summed E-state index contributed by atoms with van der Waals surface area (Å²) in [6, 6.07) is 13.1. The number of hydrogen-bond acceptors (Lipinski definition) is 5. The lowest BCUT2D eigenvalue weighted by Gasteiger charge is -2.14. The van der Waals surface area contributed by atoms with Gasteiger partial charge >= 0.3 is 0 Å². The van der Waals surface area contributed by atoms with E-state index in [1.54, 1.807) is 12.0 Å². The van der Waals surface area contributed by atoms with Crippen LogP contribution in [0.3, 0.4) is 0 Å². The average Bonchev–Trinajstić information content (AvgIpc) is 2.89. The highest BCUT2D eigenvalue weighted by atomic mass is 79.9. The van der Waals surface area contributed by atoms with Crippen molar-refractivity contribution in [3.05, 3.63) is 57.4 Å². The van der Waals surface area contributed by atoms with Gasteiger partial charge in [0.15, 0.2) is 15.8 Å². The van der Waals surface area contributed by atoms with Crippen molar-refractivity contribution in [1.82, 2.24) is 0 Å². The summed E-state index contributed by atoms with van der Waals surface area (Å²) in [4.78, 5) is 14.9. The highest BCUT2D eigenvalue weighted by Crippen LogP contribution is 2.40. The van der Waals surface area contributed by atoms with Gasteiger partial charge in [-0.2, -0.15) is 0 Å². The summed E-state index contributed by atoms with van der Waals surface area (Å²) in [7, 11) is 1.59. The Morgan fingerprint density at radius 1 is 1.27 bits per heavy atom. The molecule has 0 spiro atoms. The van der Waals surface area contributed by atoms with Crippen LogP contribution in [0.4, 0.5) is 5.69 Å². The Kier molecular flexibility index (Phi) is 6.01. The molecule has 1 heterocycles. The third kappa shape index (κ3) is 3.79. The number of para-hydroxylation sites is 1. The predicted octanol–water partition coefficient (Wildman–Crippen LogP) is 5.26. The molecule has 1 aliphatic rings. The van der Waals surface area contributed by atoms with Crippen LogP contribution in [0.5, 0.6) is 11.5 Å². The fourth-order valence-electron chi connectivity index (χ4n) is 2.55. The van der Waals surface area contributed by atoms with E-state index in [1.807, 2.05) is 55.5 Å². The molecule has 1 fully saturated rings. The zero-order chi connectivity index (χ0) is 18.7. The van der Waals surface area contributed by atoms with Gasteiger partial charge in [-0.15, -0.1) is 0 Å². The van der Waals surface area contributed by atoms with Crippen molar-refractivity contribution in [2.24, 2.45) is 0 Å². The molecule has 134 valence electrons. The molecule has 0 saturated carbocycles. The molecule has 0 atom stereocenters. The van der Waals surface area contributed by atoms with Crippen molar-refractivity contribution in [1.29, 1.82) is 0 Å². The number of anilines is 1. The van der Waals surface area contributed by atoms with Crippen LogP contribution in [-0.2, 0) is 4.79 Å². The number of carbonyl (C=O) groups excluding carboxylic acids is 1. The molecule has 0 unspecified atom stereocenters. The van der Waals surface area contributed by atoms with Gasteiger partial charge in [-0.25, -0.2) is 0 Å². The summed E-state index contributed by atoms with van der Waals surface area (Å²) in [5.41, 5.74) is 1.60. The van der Waals surface area contributed by atoms with E-state index in [0.29, 0.717) is 27.3 Å². The first-order valence-electron chi connectivity index (χ1n) is 7.88. The van der Waals surface area contributed by atoms with Gasteiger partial charge in [-0.3, -0.25) is 9.69 Å². The molecule has 0 aromatic heterocycles. The van der Waals surface area contributed by atoms with Crippen LogP contribution in [-0.4, -0.2) is 23.9 Å². The Balaban J connectivity index is 1.96. The van der Waals surface area contributed by atoms with Gasteiger partial charge in [-0.05, 0) is 58.8 Å². The maximum absolute atomic E-state index is 12.8. The van der Waals surface area contributed by atoms with Gasteiger partial charge in [-0.1, -0.05) is 42.2 Å². The predicted molar refractivity (Wildman–Crippen MR) is 114 cm³/mol. The Hall–Kier alpha value is -1.83. The number of halogens is 1. The number of rotatable bonds is 5. The molecule has 2 aromatic carbocycles. The number of ether oxygens (including phenoxy) is 2. The summed E-state index contributed by atoms with van der Waals surface area (Å²) in [6.45, 7) is 2.42. The number of methoxy groups -OCH3 is 1. The van der Waals surface area contributed by atoms with Crippen molar-refractivity contribution in [3.8, 4) is 11.5 Å². The summed E-state index contributed by atoms with van der Waals surface area (Å²) in [5.74, 6) is 1.12. The van der Waals surface area contributed by atoms with Crippen molar-refractivity contribution in [3.63, 3.8) is 0 Å². The number of carbonyl (C=O) groups is 1. The standard InChI is InChI=1S/C19H16BrNO3S2/c1-3-24-15-10-12(9-14(20)17(15)23-2)11-16-18(22)21(19(25)26-16)13-7-5-4-6-8-13/h4-11H,3H2,1-2H3/b16-11-. The minimum Gasteiger partial charge on any atom is -0.492 e. The zero-order valence-electron chi connectivity index (χ0n) is 14.2. The van der Waals surface area contributed by atoms with Crippen LogP contribution in [0.2, 0.25) is 0 Å². The van der Waals surface area contributed by atoms with Gasteiger partial charge in [0.25, 0.3) is 5.91 Å². The average molecular weight is 450 g/mol. The molecule has 1 amide bonds. The van der Waals surface area contributed by atoms with E-state index in [2.05, 4.69) is 15.9 Å². The summed E-state index contributed by atoms with van der Waals surface area (Å²) in [5, 5.41) is 0. The first kappa shape index (κ1) is 18.9. The van der Waals surface area contributed by atoms with Crippen molar-refractivity contribution in [2.45, 2.75) is 6.92 Å². The van der Waals surface area contributed by atoms with E-state index in [9.17, 15) is 4.79 Å². The molecule has 7 heteroatoms. The topological polar surface area (TPSA) is 38.8 Å². The van der Waals surface area contributed by atoms with E-state index < -0.39 is 0 Å². The van der Waals surface area contributed by atoms with Crippen LogP contribution in [0.15, 0.2) is 51.8 Å². The number of amides is 1. The van der Waals surface area contributed by atoms with Crippen LogP contribution in [0.1, 0.15) is 12.5 Å². The number of nitrogens with zero attached hydrogens (tertiary/aromatic N) is 1. The maximum atomic E-state index is 12.8. The first-order valence-corrected chi connectivity index (χ1v) is 9.90. The van der Waals surface area contributed by atoms with E-state index in [0.717, 1.165) is 15.7 Å². The second-order valence-electron chi connectivity index (χ2n) is 5.32. The fourth-order valence-corrected chi connectivity index (χ4v) is 4.47. The Morgan fingerprint density at radius 2 is 2.00 bits per heavy atom. The van der Waals surface area contributed by atoms with Crippen molar-refractivity contribution >= 4 is 61.9 Å². The molecule has 2 aromatic rings. The summed E-state index contributed by atoms with van der Waals surface area (Å²) >= 11 is 10.2. The van der Waals surface area contributed by atoms with E-state index in [4.69, 9.17) is 21.7 Å². The largest absolute Gasteiger partial charge is 0.492 e. The van der Waals surface area contributed by atoms with E-state index in [1.165, 1.54) is 11.8 Å². The molecule has 4 nitrogen and oxygen atoms in total. The molecule has 0 radical (unpaired) electrons. The molecule has 1 saturated heterocycles. The van der Waals surface area contributed by atoms with Crippen LogP contribution in [0.25, 0.3) is 6.08 Å².